The monoisotopic (exact) mass is 247 g/mol. The fourth-order valence-electron chi connectivity index (χ4n) is 1.50. The molecule has 0 aliphatic rings. The van der Waals surface area contributed by atoms with Crippen LogP contribution >= 0.6 is 0 Å². The Labute approximate surface area is 104 Å². The molecule has 0 fully saturated rings. The van der Waals surface area contributed by atoms with Gasteiger partial charge in [0.25, 0.3) is 0 Å². The van der Waals surface area contributed by atoms with E-state index in [4.69, 9.17) is 20.9 Å². The molecular weight excluding hydrogens is 234 g/mol. The van der Waals surface area contributed by atoms with Gasteiger partial charge in [0.2, 0.25) is 5.95 Å². The lowest BCUT2D eigenvalue weighted by Crippen LogP contribution is -2.04. The molecule has 18 heavy (non-hydrogen) atoms. The summed E-state index contributed by atoms with van der Waals surface area (Å²) >= 11 is 0. The number of nitrogens with zero attached hydrogens (tertiary/aromatic N) is 3. The minimum Gasteiger partial charge on any atom is -0.497 e. The summed E-state index contributed by atoms with van der Waals surface area (Å²) in [5.74, 6) is 1.49. The third kappa shape index (κ3) is 2.24. The number of hydrogen-bond donors (Lipinski definition) is 2. The van der Waals surface area contributed by atoms with Crippen LogP contribution in [0.3, 0.4) is 0 Å². The second-order valence-corrected chi connectivity index (χ2v) is 3.51. The summed E-state index contributed by atoms with van der Waals surface area (Å²) in [6.45, 7) is 0. The number of anilines is 2. The molecule has 0 aliphatic carbocycles. The maximum absolute atomic E-state index is 5.76. The summed E-state index contributed by atoms with van der Waals surface area (Å²) < 4.78 is 10.3. The molecule has 0 bridgehead atoms. The van der Waals surface area contributed by atoms with Crippen molar-refractivity contribution in [2.45, 2.75) is 0 Å². The Bertz CT molecular complexity index is 551. The Morgan fingerprint density at radius 1 is 0.944 bits per heavy atom. The van der Waals surface area contributed by atoms with Crippen molar-refractivity contribution in [3.8, 4) is 22.8 Å². The molecule has 2 rings (SSSR count). The first kappa shape index (κ1) is 11.9. The van der Waals surface area contributed by atoms with Crippen LogP contribution in [0.1, 0.15) is 0 Å². The topological polar surface area (TPSA) is 109 Å². The van der Waals surface area contributed by atoms with Gasteiger partial charge in [-0.3, -0.25) is 0 Å². The number of ether oxygens (including phenoxy) is 2. The van der Waals surface area contributed by atoms with Gasteiger partial charge in [0, 0.05) is 11.6 Å². The van der Waals surface area contributed by atoms with E-state index < -0.39 is 0 Å². The van der Waals surface area contributed by atoms with Gasteiger partial charge in [-0.25, -0.2) is 0 Å². The van der Waals surface area contributed by atoms with Gasteiger partial charge >= 0.3 is 0 Å². The SMILES string of the molecule is COc1cc(OC)cc(-c2nnc(N)nc2N)c1. The lowest BCUT2D eigenvalue weighted by atomic mass is 10.1. The van der Waals surface area contributed by atoms with Crippen molar-refractivity contribution in [1.82, 2.24) is 15.2 Å². The predicted molar refractivity (Wildman–Crippen MR) is 67.2 cm³/mol. The first-order valence-electron chi connectivity index (χ1n) is 5.13. The number of nitrogen functional groups attached to an aromatic ring is 2. The Morgan fingerprint density at radius 2 is 1.56 bits per heavy atom. The highest BCUT2D eigenvalue weighted by molar-refractivity contribution is 5.72. The molecule has 1 aromatic heterocycles. The number of nitrogens with two attached hydrogens (primary N) is 2. The van der Waals surface area contributed by atoms with Crippen LogP contribution in [0.25, 0.3) is 11.3 Å². The molecular formula is C11H13N5O2. The van der Waals surface area contributed by atoms with Crippen LogP contribution in [0.5, 0.6) is 11.5 Å². The third-order valence-corrected chi connectivity index (χ3v) is 2.35. The lowest BCUT2D eigenvalue weighted by Gasteiger charge is -2.08. The summed E-state index contributed by atoms with van der Waals surface area (Å²) in [5, 5.41) is 7.61. The molecule has 7 nitrogen and oxygen atoms in total. The molecule has 0 unspecified atom stereocenters. The van der Waals surface area contributed by atoms with Crippen molar-refractivity contribution < 1.29 is 9.47 Å². The van der Waals surface area contributed by atoms with Gasteiger partial charge in [0.05, 0.1) is 14.2 Å². The normalized spacial score (nSPS) is 10.1. The van der Waals surface area contributed by atoms with E-state index in [1.54, 1.807) is 32.4 Å². The quantitative estimate of drug-likeness (QED) is 0.822. The zero-order valence-corrected chi connectivity index (χ0v) is 10.0. The molecule has 0 atom stereocenters. The maximum Gasteiger partial charge on any atom is 0.242 e. The summed E-state index contributed by atoms with van der Waals surface area (Å²) in [7, 11) is 3.13. The van der Waals surface area contributed by atoms with Gasteiger partial charge in [-0.2, -0.15) is 4.98 Å². The van der Waals surface area contributed by atoms with Crippen molar-refractivity contribution in [2.24, 2.45) is 0 Å². The van der Waals surface area contributed by atoms with Gasteiger partial charge < -0.3 is 20.9 Å². The average Bonchev–Trinajstić information content (AvgIpc) is 2.38. The molecule has 0 spiro atoms. The molecule has 1 aromatic carbocycles. The molecule has 94 valence electrons. The third-order valence-electron chi connectivity index (χ3n) is 2.35. The van der Waals surface area contributed by atoms with Crippen LogP contribution in [0, 0.1) is 0 Å². The molecule has 0 amide bonds. The van der Waals surface area contributed by atoms with Crippen molar-refractivity contribution in [2.75, 3.05) is 25.7 Å². The standard InChI is InChI=1S/C11H13N5O2/c1-17-7-3-6(4-8(5-7)18-2)9-10(12)14-11(13)16-15-9/h3-5H,1-2H3,(H4,12,13,14,16). The second-order valence-electron chi connectivity index (χ2n) is 3.51. The van der Waals surface area contributed by atoms with Crippen LogP contribution in [-0.4, -0.2) is 29.4 Å². The van der Waals surface area contributed by atoms with Crippen LogP contribution in [0.2, 0.25) is 0 Å². The molecule has 2 aromatic rings. The summed E-state index contributed by atoms with van der Waals surface area (Å²) in [6.07, 6.45) is 0. The highest BCUT2D eigenvalue weighted by Crippen LogP contribution is 2.30. The van der Waals surface area contributed by atoms with E-state index in [1.165, 1.54) is 0 Å². The number of benzene rings is 1. The fraction of sp³-hybridized carbons (Fsp3) is 0.182. The zero-order chi connectivity index (χ0) is 13.1. The molecule has 4 N–H and O–H groups in total. The van der Waals surface area contributed by atoms with E-state index in [0.717, 1.165) is 0 Å². The van der Waals surface area contributed by atoms with Gasteiger partial charge in [-0.15, -0.1) is 10.2 Å². The fourth-order valence-corrected chi connectivity index (χ4v) is 1.50. The number of hydrogen-bond acceptors (Lipinski definition) is 7. The first-order valence-corrected chi connectivity index (χ1v) is 5.13. The highest BCUT2D eigenvalue weighted by Gasteiger charge is 2.10. The summed E-state index contributed by atoms with van der Waals surface area (Å²) in [4.78, 5) is 3.86. The average molecular weight is 247 g/mol. The molecule has 7 heteroatoms. The molecule has 1 heterocycles. The predicted octanol–water partition coefficient (Wildman–Crippen LogP) is 0.720. The summed E-state index contributed by atoms with van der Waals surface area (Å²) in [5.41, 5.74) is 12.3. The van der Waals surface area contributed by atoms with E-state index in [1.807, 2.05) is 0 Å². The lowest BCUT2D eigenvalue weighted by molar-refractivity contribution is 0.394. The highest BCUT2D eigenvalue weighted by atomic mass is 16.5. The minimum atomic E-state index is 0.0334. The van der Waals surface area contributed by atoms with Crippen molar-refractivity contribution in [1.29, 1.82) is 0 Å². The van der Waals surface area contributed by atoms with Crippen LogP contribution in [0.4, 0.5) is 11.8 Å². The van der Waals surface area contributed by atoms with Gasteiger partial charge in [-0.1, -0.05) is 0 Å². The van der Waals surface area contributed by atoms with E-state index in [-0.39, 0.29) is 11.8 Å². The Balaban J connectivity index is 2.55. The first-order chi connectivity index (χ1) is 8.63. The Hall–Kier alpha value is -2.57. The molecule has 0 radical (unpaired) electrons. The van der Waals surface area contributed by atoms with Gasteiger partial charge in [0.1, 0.15) is 17.2 Å². The largest absolute Gasteiger partial charge is 0.497 e. The van der Waals surface area contributed by atoms with E-state index in [2.05, 4.69) is 15.2 Å². The zero-order valence-electron chi connectivity index (χ0n) is 10.0. The van der Waals surface area contributed by atoms with Crippen molar-refractivity contribution in [3.63, 3.8) is 0 Å². The molecule has 0 saturated heterocycles. The molecule has 0 aliphatic heterocycles. The van der Waals surface area contributed by atoms with Crippen LogP contribution < -0.4 is 20.9 Å². The van der Waals surface area contributed by atoms with Crippen molar-refractivity contribution >= 4 is 11.8 Å². The Kier molecular flexibility index (Phi) is 3.13. The van der Waals surface area contributed by atoms with Gasteiger partial charge in [0.15, 0.2) is 5.82 Å². The number of rotatable bonds is 3. The van der Waals surface area contributed by atoms with E-state index in [0.29, 0.717) is 22.8 Å². The van der Waals surface area contributed by atoms with Crippen LogP contribution in [0.15, 0.2) is 18.2 Å². The number of methoxy groups -OCH3 is 2. The maximum atomic E-state index is 5.76. The van der Waals surface area contributed by atoms with E-state index in [9.17, 15) is 0 Å². The van der Waals surface area contributed by atoms with E-state index >= 15 is 0 Å². The second kappa shape index (κ2) is 4.74. The minimum absolute atomic E-state index is 0.0334. The van der Waals surface area contributed by atoms with Crippen molar-refractivity contribution in [3.05, 3.63) is 18.2 Å². The van der Waals surface area contributed by atoms with Crippen LogP contribution in [-0.2, 0) is 0 Å². The summed E-state index contributed by atoms with van der Waals surface area (Å²) in [6, 6.07) is 5.28. The number of aromatic nitrogens is 3. The smallest absolute Gasteiger partial charge is 0.242 e. The molecule has 0 saturated carbocycles. The van der Waals surface area contributed by atoms with Gasteiger partial charge in [-0.05, 0) is 12.1 Å². The Morgan fingerprint density at radius 3 is 2.06 bits per heavy atom.